The number of ether oxygens (including phenoxy) is 1. The Kier molecular flexibility index (Phi) is 6.27. The lowest BCUT2D eigenvalue weighted by molar-refractivity contribution is -0.122. The lowest BCUT2D eigenvalue weighted by atomic mass is 10.2. The average Bonchev–Trinajstić information content (AvgIpc) is 3.12. The van der Waals surface area contributed by atoms with Crippen LogP contribution in [0.5, 0.6) is 0 Å². The third kappa shape index (κ3) is 4.15. The molecular weight excluding hydrogens is 388 g/mol. The predicted molar refractivity (Wildman–Crippen MR) is 114 cm³/mol. The number of imide groups is 1. The van der Waals surface area contributed by atoms with Gasteiger partial charge in [0, 0.05) is 23.6 Å². The first-order valence-corrected chi connectivity index (χ1v) is 10.4. The summed E-state index contributed by atoms with van der Waals surface area (Å²) in [4.78, 5) is 38.4. The third-order valence-corrected chi connectivity index (χ3v) is 5.60. The van der Waals surface area contributed by atoms with E-state index in [9.17, 15) is 14.4 Å². The summed E-state index contributed by atoms with van der Waals surface area (Å²) in [6.07, 6.45) is 2.51. The third-order valence-electron chi connectivity index (χ3n) is 4.69. The quantitative estimate of drug-likeness (QED) is 0.507. The van der Waals surface area contributed by atoms with E-state index in [-0.39, 0.29) is 17.1 Å². The Morgan fingerprint density at radius 2 is 1.93 bits per heavy atom. The summed E-state index contributed by atoms with van der Waals surface area (Å²) in [6.45, 7) is 8.38. The highest BCUT2D eigenvalue weighted by atomic mass is 32.2. The molecule has 0 N–H and O–H groups in total. The van der Waals surface area contributed by atoms with Gasteiger partial charge < -0.3 is 9.30 Å². The molecule has 6 nitrogen and oxygen atoms in total. The topological polar surface area (TPSA) is 68.6 Å². The number of aromatic nitrogens is 1. The molecule has 1 fully saturated rings. The van der Waals surface area contributed by atoms with E-state index in [0.717, 1.165) is 40.8 Å². The molecule has 29 heavy (non-hydrogen) atoms. The molecule has 0 aliphatic carbocycles. The Hall–Kier alpha value is -2.80. The Labute approximate surface area is 174 Å². The zero-order valence-corrected chi connectivity index (χ0v) is 17.8. The maximum atomic E-state index is 12.5. The first kappa shape index (κ1) is 20.9. The van der Waals surface area contributed by atoms with E-state index in [1.807, 2.05) is 43.5 Å². The van der Waals surface area contributed by atoms with Crippen LogP contribution in [-0.2, 0) is 9.53 Å². The van der Waals surface area contributed by atoms with Crippen molar-refractivity contribution < 1.29 is 19.1 Å². The number of thioether (sulfide) groups is 1. The molecule has 3 rings (SSSR count). The molecule has 2 aromatic rings. The number of aryl methyl sites for hydroxylation is 1. The fraction of sp³-hybridized carbons (Fsp3) is 0.318. The molecule has 2 heterocycles. The Bertz CT molecular complexity index is 1010. The van der Waals surface area contributed by atoms with E-state index in [2.05, 4.69) is 0 Å². The number of benzene rings is 1. The predicted octanol–water partition coefficient (Wildman–Crippen LogP) is 4.72. The highest BCUT2D eigenvalue weighted by Gasteiger charge is 2.34. The lowest BCUT2D eigenvalue weighted by Gasteiger charge is -2.11. The highest BCUT2D eigenvalue weighted by molar-refractivity contribution is 8.18. The Balaban J connectivity index is 1.96. The van der Waals surface area contributed by atoms with Gasteiger partial charge in [-0.1, -0.05) is 13.0 Å². The minimum absolute atomic E-state index is 0.223. The minimum atomic E-state index is -0.360. The van der Waals surface area contributed by atoms with Gasteiger partial charge in [0.15, 0.2) is 0 Å². The molecule has 0 saturated carbocycles. The van der Waals surface area contributed by atoms with E-state index in [1.54, 1.807) is 25.1 Å². The maximum absolute atomic E-state index is 12.5. The summed E-state index contributed by atoms with van der Waals surface area (Å²) in [7, 11) is 0. The zero-order valence-electron chi connectivity index (χ0n) is 17.0. The van der Waals surface area contributed by atoms with Crippen molar-refractivity contribution in [2.24, 2.45) is 0 Å². The van der Waals surface area contributed by atoms with Gasteiger partial charge in [-0.2, -0.15) is 0 Å². The molecule has 1 saturated heterocycles. The molecule has 0 unspecified atom stereocenters. The summed E-state index contributed by atoms with van der Waals surface area (Å²) >= 11 is 0.976. The van der Waals surface area contributed by atoms with Crippen molar-refractivity contribution in [3.05, 3.63) is 57.8 Å². The molecule has 152 valence electrons. The molecule has 0 atom stereocenters. The van der Waals surface area contributed by atoms with Crippen molar-refractivity contribution >= 4 is 35.0 Å². The van der Waals surface area contributed by atoms with Gasteiger partial charge in [0.2, 0.25) is 0 Å². The molecule has 2 amide bonds. The van der Waals surface area contributed by atoms with Gasteiger partial charge >= 0.3 is 5.97 Å². The minimum Gasteiger partial charge on any atom is -0.462 e. The monoisotopic (exact) mass is 412 g/mol. The second-order valence-electron chi connectivity index (χ2n) is 6.77. The maximum Gasteiger partial charge on any atom is 0.338 e. The van der Waals surface area contributed by atoms with E-state index in [0.29, 0.717) is 23.6 Å². The fourth-order valence-corrected chi connectivity index (χ4v) is 4.23. The Morgan fingerprint density at radius 3 is 2.62 bits per heavy atom. The van der Waals surface area contributed by atoms with Gasteiger partial charge in [0.25, 0.3) is 11.1 Å². The van der Waals surface area contributed by atoms with Gasteiger partial charge in [0.1, 0.15) is 0 Å². The standard InChI is InChI=1S/C22H24N2O4S/c1-5-10-23-20(25)19(29-22(23)27)13-17-11-14(3)24(15(17)4)18-9-7-8-16(12-18)21(26)28-6-2/h7-9,11-13H,5-6,10H2,1-4H3/b19-13-. The van der Waals surface area contributed by atoms with Gasteiger partial charge in [0.05, 0.1) is 17.1 Å². The second-order valence-corrected chi connectivity index (χ2v) is 7.76. The fourth-order valence-electron chi connectivity index (χ4n) is 3.38. The van der Waals surface area contributed by atoms with Gasteiger partial charge in [-0.25, -0.2) is 4.79 Å². The second kappa shape index (κ2) is 8.69. The van der Waals surface area contributed by atoms with Crippen LogP contribution in [0.2, 0.25) is 0 Å². The van der Waals surface area contributed by atoms with Crippen molar-refractivity contribution in [2.45, 2.75) is 34.1 Å². The van der Waals surface area contributed by atoms with Crippen molar-refractivity contribution in [3.8, 4) is 5.69 Å². The molecule has 1 aromatic heterocycles. The van der Waals surface area contributed by atoms with Gasteiger partial charge in [-0.15, -0.1) is 0 Å². The van der Waals surface area contributed by atoms with E-state index >= 15 is 0 Å². The van der Waals surface area contributed by atoms with Crippen molar-refractivity contribution in [3.63, 3.8) is 0 Å². The van der Waals surface area contributed by atoms with Crippen LogP contribution in [0.25, 0.3) is 11.8 Å². The van der Waals surface area contributed by atoms with Crippen LogP contribution in [0.15, 0.2) is 35.2 Å². The van der Waals surface area contributed by atoms with Crippen LogP contribution in [0, 0.1) is 13.8 Å². The van der Waals surface area contributed by atoms with E-state index in [1.165, 1.54) is 4.90 Å². The number of rotatable bonds is 6. The van der Waals surface area contributed by atoms with E-state index in [4.69, 9.17) is 4.74 Å². The molecule has 7 heteroatoms. The van der Waals surface area contributed by atoms with Crippen molar-refractivity contribution in [1.82, 2.24) is 9.47 Å². The first-order valence-electron chi connectivity index (χ1n) is 9.59. The summed E-state index contributed by atoms with van der Waals surface area (Å²) in [6, 6.07) is 9.22. The van der Waals surface area contributed by atoms with Crippen LogP contribution in [0.3, 0.4) is 0 Å². The van der Waals surface area contributed by atoms with Gasteiger partial charge in [-0.05, 0) is 74.9 Å². The van der Waals surface area contributed by atoms with Crippen LogP contribution in [0.1, 0.15) is 47.6 Å². The SMILES string of the molecule is CCCN1C(=O)S/C(=C\c2cc(C)n(-c3cccc(C(=O)OCC)c3)c2C)C1=O. The summed E-state index contributed by atoms with van der Waals surface area (Å²) in [5.74, 6) is -0.599. The summed E-state index contributed by atoms with van der Waals surface area (Å²) in [5.41, 5.74) is 4.07. The summed E-state index contributed by atoms with van der Waals surface area (Å²) < 4.78 is 7.11. The molecule has 0 spiro atoms. The van der Waals surface area contributed by atoms with Crippen molar-refractivity contribution in [1.29, 1.82) is 0 Å². The first-order chi connectivity index (χ1) is 13.9. The molecule has 0 bridgehead atoms. The Morgan fingerprint density at radius 1 is 1.17 bits per heavy atom. The number of esters is 1. The number of amides is 2. The van der Waals surface area contributed by atoms with Crippen molar-refractivity contribution in [2.75, 3.05) is 13.2 Å². The van der Waals surface area contributed by atoms with Crippen LogP contribution in [0.4, 0.5) is 4.79 Å². The molecule has 0 radical (unpaired) electrons. The zero-order chi connectivity index (χ0) is 21.1. The lowest BCUT2D eigenvalue weighted by Crippen LogP contribution is -2.28. The normalized spacial score (nSPS) is 15.4. The number of hydrogen-bond donors (Lipinski definition) is 0. The number of carbonyl (C=O) groups is 3. The molecule has 1 aromatic carbocycles. The van der Waals surface area contributed by atoms with Gasteiger partial charge in [-0.3, -0.25) is 14.5 Å². The summed E-state index contributed by atoms with van der Waals surface area (Å²) in [5, 5.41) is -0.223. The molecule has 1 aliphatic heterocycles. The van der Waals surface area contributed by atoms with E-state index < -0.39 is 0 Å². The molecular formula is C22H24N2O4S. The highest BCUT2D eigenvalue weighted by Crippen LogP contribution is 2.33. The smallest absolute Gasteiger partial charge is 0.338 e. The number of nitrogens with zero attached hydrogens (tertiary/aromatic N) is 2. The number of carbonyl (C=O) groups excluding carboxylic acids is 3. The largest absolute Gasteiger partial charge is 0.462 e. The van der Waals surface area contributed by atoms with Crippen LogP contribution < -0.4 is 0 Å². The number of hydrogen-bond acceptors (Lipinski definition) is 5. The van der Waals surface area contributed by atoms with Crippen LogP contribution >= 0.6 is 11.8 Å². The molecule has 1 aliphatic rings. The van der Waals surface area contributed by atoms with Crippen LogP contribution in [-0.4, -0.2) is 39.7 Å². The average molecular weight is 413 g/mol.